The highest BCUT2D eigenvalue weighted by Crippen LogP contribution is 2.40. The number of likely N-dealkylation sites (tertiary alicyclic amines) is 1. The van der Waals surface area contributed by atoms with Gasteiger partial charge in [-0.3, -0.25) is 19.6 Å². The summed E-state index contributed by atoms with van der Waals surface area (Å²) < 4.78 is 0. The molecule has 1 saturated heterocycles. The summed E-state index contributed by atoms with van der Waals surface area (Å²) in [7, 11) is 0. The molecular formula is C27H25N5O2. The third-order valence-electron chi connectivity index (χ3n) is 6.34. The van der Waals surface area contributed by atoms with Crippen molar-refractivity contribution in [1.29, 1.82) is 0 Å². The average molecular weight is 452 g/mol. The molecule has 4 heterocycles. The number of rotatable bonds is 6. The van der Waals surface area contributed by atoms with Gasteiger partial charge in [-0.25, -0.2) is 4.98 Å². The van der Waals surface area contributed by atoms with Crippen molar-refractivity contribution in [3.63, 3.8) is 0 Å². The predicted octanol–water partition coefficient (Wildman–Crippen LogP) is 3.63. The third-order valence-corrected chi connectivity index (χ3v) is 6.34. The van der Waals surface area contributed by atoms with Crippen LogP contribution in [0.2, 0.25) is 0 Å². The van der Waals surface area contributed by atoms with Crippen molar-refractivity contribution in [3.8, 4) is 0 Å². The Morgan fingerprint density at radius 3 is 2.47 bits per heavy atom. The SMILES string of the molecule is O=C(Cc1ccncc1)Nc1ccc(C=CC(=O)N2CC3C=C(c4ccncc4)CC3C2)cn1. The van der Waals surface area contributed by atoms with Crippen LogP contribution in [-0.2, 0) is 16.0 Å². The molecule has 0 aromatic carbocycles. The molecule has 7 heteroatoms. The van der Waals surface area contributed by atoms with E-state index in [0.717, 1.165) is 30.6 Å². The monoisotopic (exact) mass is 451 g/mol. The van der Waals surface area contributed by atoms with Crippen LogP contribution in [0, 0.1) is 11.8 Å². The molecule has 3 aromatic heterocycles. The minimum absolute atomic E-state index is 0.0167. The molecule has 1 fully saturated rings. The van der Waals surface area contributed by atoms with Crippen LogP contribution in [-0.4, -0.2) is 44.8 Å². The summed E-state index contributed by atoms with van der Waals surface area (Å²) in [6.45, 7) is 1.53. The number of fused-ring (bicyclic) bond motifs is 1. The molecule has 2 aliphatic rings. The molecule has 2 unspecified atom stereocenters. The van der Waals surface area contributed by atoms with Crippen LogP contribution in [0.15, 0.2) is 79.5 Å². The summed E-state index contributed by atoms with van der Waals surface area (Å²) in [4.78, 5) is 39.1. The molecule has 5 rings (SSSR count). The van der Waals surface area contributed by atoms with E-state index in [1.54, 1.807) is 36.8 Å². The van der Waals surface area contributed by atoms with Crippen LogP contribution in [0.1, 0.15) is 23.1 Å². The van der Waals surface area contributed by atoms with Gasteiger partial charge in [0.2, 0.25) is 11.8 Å². The zero-order valence-electron chi connectivity index (χ0n) is 18.7. The highest BCUT2D eigenvalue weighted by atomic mass is 16.2. The fourth-order valence-corrected chi connectivity index (χ4v) is 4.59. The van der Waals surface area contributed by atoms with Gasteiger partial charge in [0.05, 0.1) is 6.42 Å². The van der Waals surface area contributed by atoms with E-state index in [0.29, 0.717) is 17.7 Å². The first-order valence-electron chi connectivity index (χ1n) is 11.4. The summed E-state index contributed by atoms with van der Waals surface area (Å²) >= 11 is 0. The Hall–Kier alpha value is -4.13. The average Bonchev–Trinajstić information content (AvgIpc) is 3.44. The number of pyridine rings is 3. The molecule has 2 amide bonds. The van der Waals surface area contributed by atoms with Gasteiger partial charge in [-0.1, -0.05) is 6.08 Å². The number of nitrogens with zero attached hydrogens (tertiary/aromatic N) is 4. The highest BCUT2D eigenvalue weighted by Gasteiger charge is 2.37. The van der Waals surface area contributed by atoms with Crippen LogP contribution >= 0.6 is 0 Å². The first kappa shape index (κ1) is 21.7. The molecule has 1 N–H and O–H groups in total. The van der Waals surface area contributed by atoms with Gasteiger partial charge in [-0.05, 0) is 83.0 Å². The zero-order valence-corrected chi connectivity index (χ0v) is 18.7. The van der Waals surface area contributed by atoms with E-state index in [4.69, 9.17) is 0 Å². The van der Waals surface area contributed by atoms with Crippen molar-refractivity contribution in [2.75, 3.05) is 18.4 Å². The van der Waals surface area contributed by atoms with Gasteiger partial charge < -0.3 is 10.2 Å². The molecule has 7 nitrogen and oxygen atoms in total. The van der Waals surface area contributed by atoms with E-state index >= 15 is 0 Å². The number of hydrogen-bond acceptors (Lipinski definition) is 5. The fourth-order valence-electron chi connectivity index (χ4n) is 4.59. The maximum atomic E-state index is 12.7. The Labute approximate surface area is 198 Å². The second-order valence-electron chi connectivity index (χ2n) is 8.69. The molecule has 3 aromatic rings. The van der Waals surface area contributed by atoms with Crippen molar-refractivity contribution in [2.45, 2.75) is 12.8 Å². The number of nitrogens with one attached hydrogen (secondary N) is 1. The Morgan fingerprint density at radius 2 is 1.76 bits per heavy atom. The lowest BCUT2D eigenvalue weighted by molar-refractivity contribution is -0.125. The molecule has 0 bridgehead atoms. The van der Waals surface area contributed by atoms with Gasteiger partial charge in [0.15, 0.2) is 0 Å². The quantitative estimate of drug-likeness (QED) is 0.578. The first-order chi connectivity index (χ1) is 16.6. The Balaban J connectivity index is 1.13. The van der Waals surface area contributed by atoms with Gasteiger partial charge in [0.1, 0.15) is 5.82 Å². The van der Waals surface area contributed by atoms with Gasteiger partial charge in [-0.2, -0.15) is 0 Å². The molecule has 34 heavy (non-hydrogen) atoms. The summed E-state index contributed by atoms with van der Waals surface area (Å²) in [6, 6.07) is 11.3. The Bertz CT molecular complexity index is 1220. The molecule has 1 aliphatic carbocycles. The lowest BCUT2D eigenvalue weighted by atomic mass is 9.99. The van der Waals surface area contributed by atoms with Crippen molar-refractivity contribution in [1.82, 2.24) is 19.9 Å². The summed E-state index contributed by atoms with van der Waals surface area (Å²) in [5, 5.41) is 2.79. The number of anilines is 1. The minimum Gasteiger partial charge on any atom is -0.338 e. The van der Waals surface area contributed by atoms with Gasteiger partial charge in [0.25, 0.3) is 0 Å². The number of allylic oxidation sites excluding steroid dienone is 1. The minimum atomic E-state index is -0.141. The van der Waals surface area contributed by atoms with Crippen molar-refractivity contribution in [2.24, 2.45) is 11.8 Å². The summed E-state index contributed by atoms with van der Waals surface area (Å²) in [5.41, 5.74) is 4.28. The third kappa shape index (κ3) is 5.09. The molecular weight excluding hydrogens is 426 g/mol. The number of amides is 2. The van der Waals surface area contributed by atoms with Crippen LogP contribution in [0.3, 0.4) is 0 Å². The normalized spacial score (nSPS) is 19.2. The van der Waals surface area contributed by atoms with E-state index in [1.807, 2.05) is 47.6 Å². The topological polar surface area (TPSA) is 88.1 Å². The second kappa shape index (κ2) is 9.79. The van der Waals surface area contributed by atoms with E-state index in [2.05, 4.69) is 26.3 Å². The highest BCUT2D eigenvalue weighted by molar-refractivity contribution is 5.93. The molecule has 0 spiro atoms. The van der Waals surface area contributed by atoms with Crippen LogP contribution in [0.4, 0.5) is 5.82 Å². The van der Waals surface area contributed by atoms with Crippen molar-refractivity contribution < 1.29 is 9.59 Å². The number of carbonyl (C=O) groups excluding carboxylic acids is 2. The summed E-state index contributed by atoms with van der Waals surface area (Å²) in [5.74, 6) is 1.25. The van der Waals surface area contributed by atoms with Gasteiger partial charge in [0, 0.05) is 50.1 Å². The molecule has 2 atom stereocenters. The van der Waals surface area contributed by atoms with Crippen molar-refractivity contribution >= 4 is 29.3 Å². The van der Waals surface area contributed by atoms with Gasteiger partial charge in [-0.15, -0.1) is 0 Å². The zero-order chi connectivity index (χ0) is 23.3. The van der Waals surface area contributed by atoms with E-state index in [1.165, 1.54) is 11.1 Å². The standard InChI is InChI=1S/C27H25N5O2/c33-26(13-19-5-9-28-10-6-19)31-25-3-1-20(16-30-25)2-4-27(34)32-17-23-14-22(15-24(23)18-32)21-7-11-29-12-8-21/h1-12,14,16,23-24H,13,15,17-18H2,(H,30,31,33). The Morgan fingerprint density at radius 1 is 1.00 bits per heavy atom. The van der Waals surface area contributed by atoms with E-state index in [-0.39, 0.29) is 18.2 Å². The molecule has 170 valence electrons. The number of hydrogen-bond donors (Lipinski definition) is 1. The maximum Gasteiger partial charge on any atom is 0.246 e. The van der Waals surface area contributed by atoms with E-state index < -0.39 is 0 Å². The Kier molecular flexibility index (Phi) is 6.25. The molecule has 0 radical (unpaired) electrons. The maximum absolute atomic E-state index is 12.7. The van der Waals surface area contributed by atoms with Crippen LogP contribution in [0.5, 0.6) is 0 Å². The second-order valence-corrected chi connectivity index (χ2v) is 8.69. The first-order valence-corrected chi connectivity index (χ1v) is 11.4. The lowest BCUT2D eigenvalue weighted by Gasteiger charge is -2.15. The number of carbonyl (C=O) groups is 2. The largest absolute Gasteiger partial charge is 0.338 e. The number of aromatic nitrogens is 3. The lowest BCUT2D eigenvalue weighted by Crippen LogP contribution is -2.27. The van der Waals surface area contributed by atoms with Gasteiger partial charge >= 0.3 is 0 Å². The van der Waals surface area contributed by atoms with E-state index in [9.17, 15) is 9.59 Å². The predicted molar refractivity (Wildman–Crippen MR) is 130 cm³/mol. The van der Waals surface area contributed by atoms with Crippen LogP contribution < -0.4 is 5.32 Å². The molecule has 1 aliphatic heterocycles. The fraction of sp³-hybridized carbons (Fsp3) is 0.222. The smallest absolute Gasteiger partial charge is 0.246 e. The molecule has 0 saturated carbocycles. The van der Waals surface area contributed by atoms with Crippen LogP contribution in [0.25, 0.3) is 11.6 Å². The van der Waals surface area contributed by atoms with Crippen molar-refractivity contribution in [3.05, 3.63) is 96.2 Å². The summed E-state index contributed by atoms with van der Waals surface area (Å²) in [6.07, 6.45) is 15.6.